The number of aryl methyl sites for hydroxylation is 2. The molecule has 146 valence electrons. The van der Waals surface area contributed by atoms with Gasteiger partial charge in [-0.2, -0.15) is 0 Å². The summed E-state index contributed by atoms with van der Waals surface area (Å²) in [5.74, 6) is 0. The smallest absolute Gasteiger partial charge is 0.408 e. The molecule has 1 heterocycles. The third-order valence-electron chi connectivity index (χ3n) is 4.89. The second-order valence-electron chi connectivity index (χ2n) is 7.11. The molecule has 0 aliphatic heterocycles. The number of nitrogens with one attached hydrogen (secondary N) is 1. The van der Waals surface area contributed by atoms with Gasteiger partial charge >= 0.3 is 6.09 Å². The second kappa shape index (κ2) is 7.80. The first kappa shape index (κ1) is 18.7. The van der Waals surface area contributed by atoms with Crippen LogP contribution in [0.3, 0.4) is 0 Å². The average Bonchev–Trinajstić information content (AvgIpc) is 2.73. The molecule has 1 aromatic heterocycles. The summed E-state index contributed by atoms with van der Waals surface area (Å²) in [4.78, 5) is 18.6. The number of rotatable bonds is 4. The summed E-state index contributed by atoms with van der Waals surface area (Å²) < 4.78 is 5.41. The number of para-hydroxylation sites is 1. The van der Waals surface area contributed by atoms with Crippen molar-refractivity contribution in [3.63, 3.8) is 0 Å². The van der Waals surface area contributed by atoms with Crippen LogP contribution in [0.4, 0.5) is 16.2 Å². The standard InChI is InChI=1S/C24H23N3O2/c1-16-9-10-18-14-20-22(26-21(18)11-16)12-17(2)13-23(20)27(15-29-24(28)25-3)19-7-5-4-6-8-19/h4-14H,15H2,1-3H3,(H,25,28). The van der Waals surface area contributed by atoms with Crippen LogP contribution in [-0.2, 0) is 4.74 Å². The van der Waals surface area contributed by atoms with E-state index in [4.69, 9.17) is 9.72 Å². The van der Waals surface area contributed by atoms with E-state index in [0.717, 1.165) is 38.7 Å². The molecular formula is C24H23N3O2. The Morgan fingerprint density at radius 1 is 0.966 bits per heavy atom. The molecule has 5 heteroatoms. The Morgan fingerprint density at radius 2 is 1.72 bits per heavy atom. The van der Waals surface area contributed by atoms with Crippen LogP contribution >= 0.6 is 0 Å². The molecule has 1 N–H and O–H groups in total. The van der Waals surface area contributed by atoms with E-state index in [9.17, 15) is 4.79 Å². The Kier molecular flexibility index (Phi) is 5.04. The lowest BCUT2D eigenvalue weighted by Crippen LogP contribution is -2.28. The average molecular weight is 385 g/mol. The van der Waals surface area contributed by atoms with Gasteiger partial charge < -0.3 is 15.0 Å². The lowest BCUT2D eigenvalue weighted by molar-refractivity contribution is 0.151. The molecular weight excluding hydrogens is 362 g/mol. The number of hydrogen-bond acceptors (Lipinski definition) is 4. The molecule has 0 spiro atoms. The number of ether oxygens (including phenoxy) is 1. The van der Waals surface area contributed by atoms with E-state index in [1.54, 1.807) is 7.05 Å². The number of amides is 1. The van der Waals surface area contributed by atoms with E-state index in [-0.39, 0.29) is 6.73 Å². The molecule has 3 aromatic carbocycles. The van der Waals surface area contributed by atoms with Crippen LogP contribution in [0.25, 0.3) is 21.8 Å². The second-order valence-corrected chi connectivity index (χ2v) is 7.11. The Morgan fingerprint density at radius 3 is 2.48 bits per heavy atom. The van der Waals surface area contributed by atoms with Gasteiger partial charge in [0, 0.05) is 23.5 Å². The quantitative estimate of drug-likeness (QED) is 0.375. The van der Waals surface area contributed by atoms with Crippen LogP contribution in [0.15, 0.2) is 66.7 Å². The number of anilines is 2. The van der Waals surface area contributed by atoms with Crippen molar-refractivity contribution in [3.05, 3.63) is 77.9 Å². The Bertz CT molecular complexity index is 1190. The van der Waals surface area contributed by atoms with Crippen molar-refractivity contribution >= 4 is 39.3 Å². The van der Waals surface area contributed by atoms with Gasteiger partial charge in [0.25, 0.3) is 0 Å². The van der Waals surface area contributed by atoms with Crippen molar-refractivity contribution in [2.45, 2.75) is 13.8 Å². The lowest BCUT2D eigenvalue weighted by atomic mass is 10.0. The number of alkyl carbamates (subject to hydrolysis) is 1. The van der Waals surface area contributed by atoms with E-state index in [0.29, 0.717) is 0 Å². The molecule has 0 atom stereocenters. The molecule has 0 bridgehead atoms. The Balaban J connectivity index is 1.91. The summed E-state index contributed by atoms with van der Waals surface area (Å²) in [6.07, 6.45) is -0.470. The molecule has 4 rings (SSSR count). The molecule has 4 aromatic rings. The molecule has 0 saturated carbocycles. The number of nitrogens with zero attached hydrogens (tertiary/aromatic N) is 2. The van der Waals surface area contributed by atoms with Gasteiger partial charge in [0.2, 0.25) is 0 Å². The predicted octanol–water partition coefficient (Wildman–Crippen LogP) is 5.46. The Labute approximate surface area is 169 Å². The minimum absolute atomic E-state index is 0.0914. The number of fused-ring (bicyclic) bond motifs is 2. The molecule has 29 heavy (non-hydrogen) atoms. The van der Waals surface area contributed by atoms with Gasteiger partial charge in [-0.25, -0.2) is 9.78 Å². The van der Waals surface area contributed by atoms with Crippen molar-refractivity contribution in [1.82, 2.24) is 10.3 Å². The van der Waals surface area contributed by atoms with Crippen LogP contribution < -0.4 is 10.2 Å². The fraction of sp³-hybridized carbons (Fsp3) is 0.167. The maximum absolute atomic E-state index is 11.7. The van der Waals surface area contributed by atoms with Gasteiger partial charge in [0.1, 0.15) is 0 Å². The third-order valence-corrected chi connectivity index (χ3v) is 4.89. The van der Waals surface area contributed by atoms with Gasteiger partial charge in [-0.3, -0.25) is 0 Å². The first-order valence-electron chi connectivity index (χ1n) is 9.54. The first-order valence-corrected chi connectivity index (χ1v) is 9.54. The molecule has 0 aliphatic carbocycles. The molecule has 0 radical (unpaired) electrons. The van der Waals surface area contributed by atoms with Crippen molar-refractivity contribution < 1.29 is 9.53 Å². The van der Waals surface area contributed by atoms with E-state index in [2.05, 4.69) is 48.6 Å². The highest BCUT2D eigenvalue weighted by Gasteiger charge is 2.16. The highest BCUT2D eigenvalue weighted by Crippen LogP contribution is 2.34. The summed E-state index contributed by atoms with van der Waals surface area (Å²) in [7, 11) is 1.55. The fourth-order valence-electron chi connectivity index (χ4n) is 3.47. The van der Waals surface area contributed by atoms with Crippen LogP contribution in [-0.4, -0.2) is 24.9 Å². The SMILES string of the molecule is CNC(=O)OCN(c1ccccc1)c1cc(C)cc2nc3cc(C)ccc3cc12. The zero-order valence-corrected chi connectivity index (χ0v) is 16.8. The summed E-state index contributed by atoms with van der Waals surface area (Å²) in [6.45, 7) is 4.21. The minimum Gasteiger partial charge on any atom is -0.428 e. The predicted molar refractivity (Wildman–Crippen MR) is 118 cm³/mol. The monoisotopic (exact) mass is 385 g/mol. The number of carbonyl (C=O) groups excluding carboxylic acids is 1. The summed E-state index contributed by atoms with van der Waals surface area (Å²) in [5, 5.41) is 4.59. The molecule has 0 unspecified atom stereocenters. The molecule has 0 saturated heterocycles. The van der Waals surface area contributed by atoms with Gasteiger partial charge in [0.05, 0.1) is 16.7 Å². The normalized spacial score (nSPS) is 10.9. The zero-order chi connectivity index (χ0) is 20.4. The maximum atomic E-state index is 11.7. The zero-order valence-electron chi connectivity index (χ0n) is 16.8. The highest BCUT2D eigenvalue weighted by molar-refractivity contribution is 6.01. The molecule has 0 fully saturated rings. The van der Waals surface area contributed by atoms with Gasteiger partial charge in [-0.15, -0.1) is 0 Å². The van der Waals surface area contributed by atoms with E-state index >= 15 is 0 Å². The van der Waals surface area contributed by atoms with Crippen molar-refractivity contribution in [3.8, 4) is 0 Å². The molecule has 5 nitrogen and oxygen atoms in total. The van der Waals surface area contributed by atoms with Crippen molar-refractivity contribution in [2.24, 2.45) is 0 Å². The summed E-state index contributed by atoms with van der Waals surface area (Å²) >= 11 is 0. The van der Waals surface area contributed by atoms with Crippen LogP contribution in [0, 0.1) is 13.8 Å². The van der Waals surface area contributed by atoms with Crippen LogP contribution in [0.5, 0.6) is 0 Å². The number of pyridine rings is 1. The third kappa shape index (κ3) is 3.85. The van der Waals surface area contributed by atoms with Crippen LogP contribution in [0.2, 0.25) is 0 Å². The minimum atomic E-state index is -0.470. The Hall–Kier alpha value is -3.60. The van der Waals surface area contributed by atoms with Crippen molar-refractivity contribution in [2.75, 3.05) is 18.7 Å². The van der Waals surface area contributed by atoms with Gasteiger partial charge in [-0.1, -0.05) is 30.3 Å². The van der Waals surface area contributed by atoms with E-state index in [1.807, 2.05) is 42.2 Å². The number of benzene rings is 3. The maximum Gasteiger partial charge on any atom is 0.408 e. The van der Waals surface area contributed by atoms with Crippen molar-refractivity contribution in [1.29, 1.82) is 0 Å². The van der Waals surface area contributed by atoms with Gasteiger partial charge in [-0.05, 0) is 61.4 Å². The molecule has 1 amide bonds. The fourth-order valence-corrected chi connectivity index (χ4v) is 3.47. The first-order chi connectivity index (χ1) is 14.0. The number of carbonyl (C=O) groups is 1. The lowest BCUT2D eigenvalue weighted by Gasteiger charge is -2.26. The van der Waals surface area contributed by atoms with E-state index in [1.165, 1.54) is 5.56 Å². The largest absolute Gasteiger partial charge is 0.428 e. The van der Waals surface area contributed by atoms with Crippen LogP contribution in [0.1, 0.15) is 11.1 Å². The summed E-state index contributed by atoms with van der Waals surface area (Å²) in [6, 6.07) is 22.5. The topological polar surface area (TPSA) is 54.5 Å². The number of hydrogen-bond donors (Lipinski definition) is 1. The van der Waals surface area contributed by atoms with E-state index < -0.39 is 6.09 Å². The molecule has 0 aliphatic rings. The summed E-state index contributed by atoms with van der Waals surface area (Å²) in [5.41, 5.74) is 6.05. The highest BCUT2D eigenvalue weighted by atomic mass is 16.6. The van der Waals surface area contributed by atoms with Gasteiger partial charge in [0.15, 0.2) is 6.73 Å². The number of aromatic nitrogens is 1.